The van der Waals surface area contributed by atoms with E-state index >= 15 is 0 Å². The number of amidine groups is 1. The minimum absolute atomic E-state index is 0.00123. The van der Waals surface area contributed by atoms with Crippen LogP contribution in [0.15, 0.2) is 29.4 Å². The van der Waals surface area contributed by atoms with Crippen LogP contribution in [0.25, 0.3) is 0 Å². The third kappa shape index (κ3) is 4.66. The Morgan fingerprint density at radius 2 is 2.10 bits per heavy atom. The molecule has 0 unspecified atom stereocenters. The quantitative estimate of drug-likeness (QED) is 0.348. The molecule has 0 saturated heterocycles. The van der Waals surface area contributed by atoms with Crippen molar-refractivity contribution in [1.29, 1.82) is 0 Å². The molecule has 0 bridgehead atoms. The number of amides is 1. The molecule has 0 fully saturated rings. The number of para-hydroxylation sites is 1. The summed E-state index contributed by atoms with van der Waals surface area (Å²) in [5.41, 5.74) is 6.00. The Hall–Kier alpha value is -2.24. The van der Waals surface area contributed by atoms with Crippen LogP contribution in [0.4, 0.5) is 0 Å². The first-order valence-corrected chi connectivity index (χ1v) is 7.00. The Bertz CT molecular complexity index is 501. The largest absolute Gasteiger partial charge is 0.493 e. The molecule has 1 aromatic carbocycles. The number of oxime groups is 1. The smallest absolute Gasteiger partial charge is 0.257 e. The van der Waals surface area contributed by atoms with Crippen LogP contribution in [-0.4, -0.2) is 41.0 Å². The number of nitrogens with zero attached hydrogens (tertiary/aromatic N) is 2. The zero-order valence-electron chi connectivity index (χ0n) is 12.7. The van der Waals surface area contributed by atoms with E-state index in [0.717, 1.165) is 0 Å². The van der Waals surface area contributed by atoms with E-state index in [9.17, 15) is 4.79 Å². The lowest BCUT2D eigenvalue weighted by atomic mass is 10.1. The van der Waals surface area contributed by atoms with Gasteiger partial charge in [-0.3, -0.25) is 4.79 Å². The van der Waals surface area contributed by atoms with Crippen molar-refractivity contribution in [2.45, 2.75) is 33.2 Å². The van der Waals surface area contributed by atoms with E-state index in [4.69, 9.17) is 15.7 Å². The average molecular weight is 293 g/mol. The molecule has 0 saturated carbocycles. The monoisotopic (exact) mass is 293 g/mol. The van der Waals surface area contributed by atoms with E-state index < -0.39 is 0 Å². The molecule has 0 aliphatic heterocycles. The van der Waals surface area contributed by atoms with Gasteiger partial charge < -0.3 is 20.6 Å². The van der Waals surface area contributed by atoms with E-state index in [0.29, 0.717) is 30.9 Å². The van der Waals surface area contributed by atoms with Gasteiger partial charge in [0.2, 0.25) is 0 Å². The first kappa shape index (κ1) is 16.8. The average Bonchev–Trinajstić information content (AvgIpc) is 2.47. The van der Waals surface area contributed by atoms with Crippen molar-refractivity contribution in [3.8, 4) is 5.75 Å². The predicted octanol–water partition coefficient (Wildman–Crippen LogP) is 2.07. The van der Waals surface area contributed by atoms with Gasteiger partial charge in [-0.1, -0.05) is 17.3 Å². The number of carbonyl (C=O) groups excluding carboxylic acids is 1. The zero-order chi connectivity index (χ0) is 15.8. The zero-order valence-corrected chi connectivity index (χ0v) is 12.7. The fourth-order valence-electron chi connectivity index (χ4n) is 1.96. The molecule has 6 heteroatoms. The summed E-state index contributed by atoms with van der Waals surface area (Å²) in [6.07, 6.45) is 0.317. The highest BCUT2D eigenvalue weighted by molar-refractivity contribution is 5.97. The Kier molecular flexibility index (Phi) is 6.52. The predicted molar refractivity (Wildman–Crippen MR) is 81.8 cm³/mol. The molecule has 0 spiro atoms. The number of rotatable bonds is 7. The number of hydrogen-bond donors (Lipinski definition) is 2. The number of hydrogen-bond acceptors (Lipinski definition) is 4. The molecule has 3 N–H and O–H groups in total. The minimum atomic E-state index is -0.125. The molecule has 0 radical (unpaired) electrons. The van der Waals surface area contributed by atoms with E-state index in [1.54, 1.807) is 23.1 Å². The van der Waals surface area contributed by atoms with Crippen LogP contribution in [0.5, 0.6) is 5.75 Å². The summed E-state index contributed by atoms with van der Waals surface area (Å²) < 4.78 is 5.50. The molecule has 0 aromatic heterocycles. The van der Waals surface area contributed by atoms with Gasteiger partial charge in [-0.25, -0.2) is 0 Å². The number of benzene rings is 1. The lowest BCUT2D eigenvalue weighted by molar-refractivity contribution is 0.0707. The van der Waals surface area contributed by atoms with Crippen LogP contribution in [0.2, 0.25) is 0 Å². The maximum atomic E-state index is 12.7. The second kappa shape index (κ2) is 8.14. The van der Waals surface area contributed by atoms with Crippen LogP contribution in [-0.2, 0) is 0 Å². The second-order valence-electron chi connectivity index (χ2n) is 4.86. The molecule has 6 nitrogen and oxygen atoms in total. The van der Waals surface area contributed by atoms with Crippen molar-refractivity contribution in [3.05, 3.63) is 29.8 Å². The molecule has 0 aliphatic rings. The van der Waals surface area contributed by atoms with Crippen molar-refractivity contribution in [1.82, 2.24) is 4.90 Å². The van der Waals surface area contributed by atoms with Gasteiger partial charge in [-0.2, -0.15) is 0 Å². The highest BCUT2D eigenvalue weighted by Crippen LogP contribution is 2.21. The van der Waals surface area contributed by atoms with Crippen LogP contribution in [0.1, 0.15) is 37.6 Å². The molecule has 1 amide bonds. The normalized spacial score (nSPS) is 11.5. The fraction of sp³-hybridized carbons (Fsp3) is 0.467. The maximum absolute atomic E-state index is 12.7. The van der Waals surface area contributed by atoms with Crippen LogP contribution >= 0.6 is 0 Å². The molecular weight excluding hydrogens is 270 g/mol. The van der Waals surface area contributed by atoms with Gasteiger partial charge in [-0.15, -0.1) is 0 Å². The Morgan fingerprint density at radius 1 is 1.43 bits per heavy atom. The number of carbonyl (C=O) groups is 1. The van der Waals surface area contributed by atoms with Gasteiger partial charge in [0.25, 0.3) is 5.91 Å². The molecule has 21 heavy (non-hydrogen) atoms. The van der Waals surface area contributed by atoms with E-state index in [2.05, 4.69) is 5.16 Å². The van der Waals surface area contributed by atoms with Crippen LogP contribution in [0.3, 0.4) is 0 Å². The van der Waals surface area contributed by atoms with Crippen molar-refractivity contribution in [2.24, 2.45) is 10.9 Å². The molecule has 116 valence electrons. The van der Waals surface area contributed by atoms with Crippen molar-refractivity contribution < 1.29 is 14.7 Å². The van der Waals surface area contributed by atoms with E-state index in [1.165, 1.54) is 0 Å². The Labute approximate surface area is 125 Å². The summed E-state index contributed by atoms with van der Waals surface area (Å²) in [5, 5.41) is 11.5. The van der Waals surface area contributed by atoms with Gasteiger partial charge in [-0.05, 0) is 32.9 Å². The minimum Gasteiger partial charge on any atom is -0.493 e. The summed E-state index contributed by atoms with van der Waals surface area (Å²) in [5.74, 6) is 0.547. The van der Waals surface area contributed by atoms with Crippen LogP contribution < -0.4 is 10.5 Å². The summed E-state index contributed by atoms with van der Waals surface area (Å²) in [4.78, 5) is 14.4. The number of nitrogens with two attached hydrogens (primary N) is 1. The lowest BCUT2D eigenvalue weighted by Crippen LogP contribution is -2.39. The molecule has 0 atom stereocenters. The summed E-state index contributed by atoms with van der Waals surface area (Å²) >= 11 is 0. The van der Waals surface area contributed by atoms with Crippen molar-refractivity contribution >= 4 is 11.7 Å². The third-order valence-electron chi connectivity index (χ3n) is 3.04. The topological polar surface area (TPSA) is 88.2 Å². The first-order valence-electron chi connectivity index (χ1n) is 7.00. The van der Waals surface area contributed by atoms with Crippen LogP contribution in [0, 0.1) is 0 Å². The molecular formula is C15H23N3O3. The third-order valence-corrected chi connectivity index (χ3v) is 3.04. The highest BCUT2D eigenvalue weighted by Gasteiger charge is 2.21. The van der Waals surface area contributed by atoms with Gasteiger partial charge >= 0.3 is 0 Å². The summed E-state index contributed by atoms with van der Waals surface area (Å²) in [6, 6.07) is 7.15. The van der Waals surface area contributed by atoms with Crippen molar-refractivity contribution in [2.75, 3.05) is 13.2 Å². The van der Waals surface area contributed by atoms with Gasteiger partial charge in [0.15, 0.2) is 0 Å². The SMILES string of the molecule is CCOc1ccccc1C(=O)N(CCC(N)=NO)C(C)C. The lowest BCUT2D eigenvalue weighted by Gasteiger charge is -2.27. The second-order valence-corrected chi connectivity index (χ2v) is 4.86. The van der Waals surface area contributed by atoms with Gasteiger partial charge in [0, 0.05) is 19.0 Å². The highest BCUT2D eigenvalue weighted by atomic mass is 16.5. The molecule has 1 rings (SSSR count). The standard InChI is InChI=1S/C15H23N3O3/c1-4-21-13-8-6-5-7-12(13)15(19)18(11(2)3)10-9-14(16)17-20/h5-8,11,20H,4,9-10H2,1-3H3,(H2,16,17). The Morgan fingerprint density at radius 3 is 2.67 bits per heavy atom. The summed E-state index contributed by atoms with van der Waals surface area (Å²) in [7, 11) is 0. The molecule has 0 heterocycles. The van der Waals surface area contributed by atoms with E-state index in [1.807, 2.05) is 26.8 Å². The van der Waals surface area contributed by atoms with Gasteiger partial charge in [0.05, 0.1) is 12.2 Å². The summed E-state index contributed by atoms with van der Waals surface area (Å²) in [6.45, 7) is 6.60. The van der Waals surface area contributed by atoms with E-state index in [-0.39, 0.29) is 17.8 Å². The molecule has 1 aromatic rings. The van der Waals surface area contributed by atoms with Gasteiger partial charge in [0.1, 0.15) is 11.6 Å². The Balaban J connectivity index is 2.95. The first-order chi connectivity index (χ1) is 10.0. The number of ether oxygens (including phenoxy) is 1. The molecule has 0 aliphatic carbocycles. The fourth-order valence-corrected chi connectivity index (χ4v) is 1.96. The van der Waals surface area contributed by atoms with Crippen molar-refractivity contribution in [3.63, 3.8) is 0 Å². The maximum Gasteiger partial charge on any atom is 0.257 e.